The number of hydrogen-bond donors (Lipinski definition) is 2. The molecule has 2 aromatic rings. The number of alkyl halides is 6. The van der Waals surface area contributed by atoms with Crippen LogP contribution in [0.25, 0.3) is 0 Å². The van der Waals surface area contributed by atoms with Crippen LogP contribution in [-0.2, 0) is 11.0 Å². The number of nitrogens with zero attached hydrogens (tertiary/aromatic N) is 2. The first-order valence-corrected chi connectivity index (χ1v) is 12.2. The molecule has 37 heavy (non-hydrogen) atoms. The van der Waals surface area contributed by atoms with E-state index in [0.29, 0.717) is 41.8 Å². The smallest absolute Gasteiger partial charge is 0.419 e. The molecule has 0 radical (unpaired) electrons. The van der Waals surface area contributed by atoms with Crippen LogP contribution in [0.15, 0.2) is 22.6 Å². The normalized spacial score (nSPS) is 21.5. The second-order valence-corrected chi connectivity index (χ2v) is 10.9. The van der Waals surface area contributed by atoms with Crippen LogP contribution < -0.4 is 20.1 Å². The third-order valence-electron chi connectivity index (χ3n) is 5.84. The number of amides is 1. The largest absolute Gasteiger partial charge is 0.484 e. The maximum atomic E-state index is 13.7. The fraction of sp³-hybridized carbons (Fsp3) is 0.571. The fourth-order valence-corrected chi connectivity index (χ4v) is 4.55. The number of benzene rings is 1. The first kappa shape index (κ1) is 28.7. The highest BCUT2D eigenvalue weighted by Crippen LogP contribution is 2.33. The lowest BCUT2D eigenvalue weighted by Gasteiger charge is -2.40. The Labute approximate surface area is 209 Å². The topological polar surface area (TPSA) is 98.5 Å². The molecule has 8 nitrogen and oxygen atoms in total. The monoisotopic (exact) mass is 558 g/mol. The second-order valence-electron chi connectivity index (χ2n) is 8.97. The number of ether oxygens (including phenoxy) is 2. The van der Waals surface area contributed by atoms with Crippen LogP contribution >= 0.6 is 0 Å². The lowest BCUT2D eigenvalue weighted by atomic mass is 9.91. The zero-order valence-corrected chi connectivity index (χ0v) is 21.8. The van der Waals surface area contributed by atoms with E-state index in [2.05, 4.69) is 20.8 Å². The molecule has 1 aromatic carbocycles. The Kier molecular flexibility index (Phi) is 8.72. The van der Waals surface area contributed by atoms with Crippen LogP contribution in [0.2, 0.25) is 0 Å². The van der Waals surface area contributed by atoms with Crippen LogP contribution in [0.5, 0.6) is 11.8 Å². The van der Waals surface area contributed by atoms with E-state index >= 15 is 0 Å². The molecule has 2 heterocycles. The lowest BCUT2D eigenvalue weighted by Crippen LogP contribution is -2.61. The Morgan fingerprint density at radius 3 is 2.59 bits per heavy atom. The highest BCUT2D eigenvalue weighted by Gasteiger charge is 2.36. The number of nitrogens with one attached hydrogen (secondary N) is 2. The summed E-state index contributed by atoms with van der Waals surface area (Å²) in [5.74, 6) is -2.31. The predicted molar refractivity (Wildman–Crippen MR) is 118 cm³/mol. The third-order valence-corrected chi connectivity index (χ3v) is 6.95. The van der Waals surface area contributed by atoms with E-state index in [-0.39, 0.29) is 29.7 Å². The van der Waals surface area contributed by atoms with Gasteiger partial charge in [0.15, 0.2) is 6.61 Å². The standard InChI is InChI=1S/C21H25F7N4O4Si/c1-11(17-31-32-18(36-17)34-7-6-20(23,24)25)15-4-5-19(37,10-29-15)30-16(33)9-35-12-2-3-13(14(22)8-12)21(26,27)28/h2-3,8,11,15,29H,4-7,9-10H2,1,37H3,(H,30,33). The molecule has 0 saturated carbocycles. The number of hydrogen-bond acceptors (Lipinski definition) is 7. The zero-order valence-electron chi connectivity index (χ0n) is 19.8. The molecule has 16 heteroatoms. The third kappa shape index (κ3) is 8.31. The van der Waals surface area contributed by atoms with Gasteiger partial charge >= 0.3 is 18.4 Å². The zero-order chi connectivity index (χ0) is 27.4. The molecule has 0 spiro atoms. The predicted octanol–water partition coefficient (Wildman–Crippen LogP) is 2.67. The van der Waals surface area contributed by atoms with Crippen molar-refractivity contribution in [1.29, 1.82) is 0 Å². The van der Waals surface area contributed by atoms with Crippen molar-refractivity contribution in [2.45, 2.75) is 55.7 Å². The number of carbonyl (C=O) groups is 1. The van der Waals surface area contributed by atoms with Gasteiger partial charge in [-0.25, -0.2) is 4.39 Å². The Hall–Kier alpha value is -2.88. The van der Waals surface area contributed by atoms with Crippen molar-refractivity contribution >= 4 is 16.1 Å². The summed E-state index contributed by atoms with van der Waals surface area (Å²) in [5.41, 5.74) is -1.43. The molecule has 1 amide bonds. The fourth-order valence-electron chi connectivity index (χ4n) is 3.78. The minimum absolute atomic E-state index is 0.117. The van der Waals surface area contributed by atoms with E-state index in [0.717, 1.165) is 6.07 Å². The summed E-state index contributed by atoms with van der Waals surface area (Å²) in [5, 5.41) is 13.1. The van der Waals surface area contributed by atoms with Crippen molar-refractivity contribution in [3.8, 4) is 11.8 Å². The number of aromatic nitrogens is 2. The van der Waals surface area contributed by atoms with E-state index in [1.54, 1.807) is 6.92 Å². The van der Waals surface area contributed by atoms with E-state index in [1.807, 2.05) is 0 Å². The minimum atomic E-state index is -4.83. The summed E-state index contributed by atoms with van der Waals surface area (Å²) in [6, 6.07) is 1.94. The number of carbonyl (C=O) groups excluding carboxylic acids is 1. The SMILES string of the molecule is CC(c1nnc(OCCC(F)(F)F)o1)C1CCC([SiH3])(NC(=O)COc2ccc(C(F)(F)F)c(F)c2)CN1. The van der Waals surface area contributed by atoms with Gasteiger partial charge < -0.3 is 24.5 Å². The molecule has 3 rings (SSSR count). The average molecular weight is 559 g/mol. The van der Waals surface area contributed by atoms with Gasteiger partial charge in [0.2, 0.25) is 5.89 Å². The molecule has 3 unspecified atom stereocenters. The van der Waals surface area contributed by atoms with Gasteiger partial charge in [-0.3, -0.25) is 4.79 Å². The molecule has 0 bridgehead atoms. The first-order valence-electron chi connectivity index (χ1n) is 11.2. The van der Waals surface area contributed by atoms with Crippen molar-refractivity contribution in [2.75, 3.05) is 19.8 Å². The lowest BCUT2D eigenvalue weighted by molar-refractivity contribution is -0.141. The summed E-state index contributed by atoms with van der Waals surface area (Å²) in [6.45, 7) is 1.06. The highest BCUT2D eigenvalue weighted by molar-refractivity contribution is 6.17. The Morgan fingerprint density at radius 2 is 2.00 bits per heavy atom. The first-order chi connectivity index (χ1) is 17.2. The van der Waals surface area contributed by atoms with Crippen molar-refractivity contribution in [3.63, 3.8) is 0 Å². The van der Waals surface area contributed by atoms with Crippen molar-refractivity contribution < 1.29 is 49.4 Å². The van der Waals surface area contributed by atoms with Crippen LogP contribution in [0, 0.1) is 5.82 Å². The van der Waals surface area contributed by atoms with Gasteiger partial charge in [-0.1, -0.05) is 12.0 Å². The van der Waals surface area contributed by atoms with Crippen molar-refractivity contribution in [3.05, 3.63) is 35.5 Å². The quantitative estimate of drug-likeness (QED) is 0.361. The van der Waals surface area contributed by atoms with E-state index in [9.17, 15) is 35.5 Å². The van der Waals surface area contributed by atoms with Crippen LogP contribution in [0.3, 0.4) is 0 Å². The van der Waals surface area contributed by atoms with Gasteiger partial charge in [-0.05, 0) is 25.0 Å². The minimum Gasteiger partial charge on any atom is -0.484 e. The molecule has 1 aliphatic rings. The Balaban J connectivity index is 1.45. The summed E-state index contributed by atoms with van der Waals surface area (Å²) in [7, 11) is 0.557. The van der Waals surface area contributed by atoms with Crippen molar-refractivity contribution in [1.82, 2.24) is 20.8 Å². The number of halogens is 7. The molecule has 206 valence electrons. The molecular weight excluding hydrogens is 533 g/mol. The molecule has 1 aliphatic heterocycles. The summed E-state index contributed by atoms with van der Waals surface area (Å²) < 4.78 is 104. The van der Waals surface area contributed by atoms with Gasteiger partial charge in [0.1, 0.15) is 18.2 Å². The van der Waals surface area contributed by atoms with Crippen LogP contribution in [0.4, 0.5) is 30.7 Å². The van der Waals surface area contributed by atoms with Gasteiger partial charge in [0.25, 0.3) is 5.91 Å². The second kappa shape index (κ2) is 11.2. The average Bonchev–Trinajstić information content (AvgIpc) is 3.25. The molecular formula is C21H25F7N4O4Si. The highest BCUT2D eigenvalue weighted by atomic mass is 28.1. The summed E-state index contributed by atoms with van der Waals surface area (Å²) in [4.78, 5) is 12.4. The summed E-state index contributed by atoms with van der Waals surface area (Å²) >= 11 is 0. The maximum absolute atomic E-state index is 13.7. The molecule has 0 aliphatic carbocycles. The van der Waals surface area contributed by atoms with Crippen LogP contribution in [0.1, 0.15) is 43.6 Å². The molecule has 2 N–H and O–H groups in total. The molecule has 1 saturated heterocycles. The van der Waals surface area contributed by atoms with E-state index in [1.165, 1.54) is 0 Å². The van der Waals surface area contributed by atoms with Gasteiger partial charge in [0, 0.05) is 34.1 Å². The Bertz CT molecular complexity index is 1070. The molecule has 1 fully saturated rings. The Morgan fingerprint density at radius 1 is 1.27 bits per heavy atom. The van der Waals surface area contributed by atoms with Crippen LogP contribution in [-0.4, -0.2) is 63.5 Å². The van der Waals surface area contributed by atoms with Crippen molar-refractivity contribution in [2.24, 2.45) is 0 Å². The van der Waals surface area contributed by atoms with Gasteiger partial charge in [-0.2, -0.15) is 26.3 Å². The van der Waals surface area contributed by atoms with E-state index in [4.69, 9.17) is 13.9 Å². The summed E-state index contributed by atoms with van der Waals surface area (Å²) in [6.07, 6.45) is -9.50. The van der Waals surface area contributed by atoms with E-state index < -0.39 is 54.4 Å². The van der Waals surface area contributed by atoms with Gasteiger partial charge in [0.05, 0.1) is 17.9 Å². The number of piperidine rings is 1. The van der Waals surface area contributed by atoms with Gasteiger partial charge in [-0.15, -0.1) is 5.10 Å². The molecule has 1 aromatic heterocycles. The molecule has 3 atom stereocenters. The maximum Gasteiger partial charge on any atom is 0.419 e. The number of rotatable bonds is 9.